The summed E-state index contributed by atoms with van der Waals surface area (Å²) in [4.78, 5) is 9.96. The third-order valence-electron chi connectivity index (χ3n) is 0.696. The first-order valence-electron chi connectivity index (χ1n) is 2.43. The van der Waals surface area contributed by atoms with E-state index in [2.05, 4.69) is 0 Å². The third kappa shape index (κ3) is 1.98. The van der Waals surface area contributed by atoms with E-state index in [4.69, 9.17) is 6.48 Å². The molecule has 2 nitrogen and oxygen atoms in total. The molecular formula is C5H8O2. The Bertz CT molecular complexity index is 133. The first kappa shape index (κ1) is 4.37. The van der Waals surface area contributed by atoms with Crippen molar-refractivity contribution >= 4 is 5.97 Å². The molecule has 0 bridgehead atoms. The van der Waals surface area contributed by atoms with Gasteiger partial charge in [-0.3, -0.25) is 0 Å². The minimum Gasteiger partial charge on any atom is -0.478 e. The van der Waals surface area contributed by atoms with Crippen molar-refractivity contribution in [2.45, 2.75) is 13.8 Å². The van der Waals surface area contributed by atoms with Crippen LogP contribution in [0.25, 0.3) is 0 Å². The predicted molar refractivity (Wildman–Crippen MR) is 27.1 cm³/mol. The lowest BCUT2D eigenvalue weighted by Crippen LogP contribution is -1.93. The maximum absolute atomic E-state index is 9.96. The largest absolute Gasteiger partial charge is 0.478 e. The molecule has 0 fully saturated rings. The normalized spacial score (nSPS) is 14.9. The molecule has 0 heterocycles. The lowest BCUT2D eigenvalue weighted by molar-refractivity contribution is -0.132. The van der Waals surface area contributed by atoms with Crippen LogP contribution in [0.4, 0.5) is 0 Å². The minimum atomic E-state index is -1.02. The summed E-state index contributed by atoms with van der Waals surface area (Å²) in [5.74, 6) is -1.02. The van der Waals surface area contributed by atoms with Crippen molar-refractivity contribution < 1.29 is 11.3 Å². The van der Waals surface area contributed by atoms with Gasteiger partial charge in [-0.25, -0.2) is 4.79 Å². The van der Waals surface area contributed by atoms with Crippen LogP contribution in [0.5, 0.6) is 0 Å². The van der Waals surface area contributed by atoms with E-state index in [-0.39, 0.29) is 11.6 Å². The molecule has 2 heteroatoms. The lowest BCUT2D eigenvalue weighted by Gasteiger charge is -1.84. The summed E-state index contributed by atoms with van der Waals surface area (Å²) < 4.78 is 6.81. The Morgan fingerprint density at radius 2 is 2.43 bits per heavy atom. The van der Waals surface area contributed by atoms with Gasteiger partial charge in [0.15, 0.2) is 0 Å². The highest BCUT2D eigenvalue weighted by atomic mass is 16.4. The summed E-state index contributed by atoms with van der Waals surface area (Å²) >= 11 is 0. The molecule has 0 aliphatic rings. The smallest absolute Gasteiger partial charge is 0.330 e. The van der Waals surface area contributed by atoms with Crippen LogP contribution in [0.3, 0.4) is 0 Å². The first-order chi connectivity index (χ1) is 3.55. The van der Waals surface area contributed by atoms with E-state index in [1.165, 1.54) is 13.8 Å². The predicted octanol–water partition coefficient (Wildman–Crippen LogP) is 1.04. The maximum atomic E-state index is 9.96. The summed E-state index contributed by atoms with van der Waals surface area (Å²) in [5, 5.41) is 8.17. The lowest BCUT2D eigenvalue weighted by atomic mass is 10.3. The molecule has 1 N–H and O–H groups in total. The number of hydrogen-bond donors (Lipinski definition) is 1. The molecule has 0 saturated carbocycles. The van der Waals surface area contributed by atoms with Crippen LogP contribution in [0.1, 0.15) is 15.2 Å². The van der Waals surface area contributed by atoms with Crippen molar-refractivity contribution in [1.82, 2.24) is 0 Å². The van der Waals surface area contributed by atoms with Gasteiger partial charge in [-0.05, 0) is 13.8 Å². The van der Waals surface area contributed by atoms with Crippen molar-refractivity contribution in [2.24, 2.45) is 0 Å². The average molecular weight is 101 g/mol. The van der Waals surface area contributed by atoms with E-state index in [0.717, 1.165) is 0 Å². The maximum Gasteiger partial charge on any atom is 0.330 e. The van der Waals surface area contributed by atoms with Gasteiger partial charge in [0.1, 0.15) is 0 Å². The van der Waals surface area contributed by atoms with Crippen molar-refractivity contribution in [3.05, 3.63) is 11.6 Å². The second-order valence-electron chi connectivity index (χ2n) is 1.18. The molecule has 0 saturated heterocycles. The summed E-state index contributed by atoms with van der Waals surface area (Å²) in [6, 6.07) is 0.109. The van der Waals surface area contributed by atoms with Crippen molar-refractivity contribution in [1.29, 1.82) is 0 Å². The van der Waals surface area contributed by atoms with Gasteiger partial charge in [-0.1, -0.05) is 6.05 Å². The molecule has 0 unspecified atom stereocenters. The molecule has 7 heavy (non-hydrogen) atoms. The summed E-state index contributed by atoms with van der Waals surface area (Å²) in [6.45, 7) is 2.86. The number of carbonyl (C=O) groups is 1. The highest BCUT2D eigenvalue weighted by Gasteiger charge is 1.93. The number of rotatable bonds is 1. The summed E-state index contributed by atoms with van der Waals surface area (Å²) in [7, 11) is 0. The Morgan fingerprint density at radius 1 is 2.00 bits per heavy atom. The Kier molecular flexibility index (Phi) is 1.50. The van der Waals surface area contributed by atoms with E-state index >= 15 is 0 Å². The molecule has 0 aromatic rings. The van der Waals surface area contributed by atoms with Gasteiger partial charge >= 0.3 is 5.97 Å². The number of carboxylic acids is 1. The fourth-order valence-corrected chi connectivity index (χ4v) is 0.107. The molecule has 0 spiro atoms. The Morgan fingerprint density at radius 3 is 2.43 bits per heavy atom. The number of aliphatic carboxylic acids is 1. The Labute approximate surface area is 43.9 Å². The number of hydrogen-bond acceptors (Lipinski definition) is 1. The number of allylic oxidation sites excluding steroid dienone is 1. The van der Waals surface area contributed by atoms with Gasteiger partial charge in [-0.15, -0.1) is 0 Å². The molecule has 0 aromatic carbocycles. The van der Waals surface area contributed by atoms with Crippen molar-refractivity contribution in [2.75, 3.05) is 0 Å². The molecule has 0 aromatic heterocycles. The molecule has 0 aliphatic heterocycles. The second kappa shape index (κ2) is 2.39. The van der Waals surface area contributed by atoms with Crippen molar-refractivity contribution in [3.8, 4) is 0 Å². The highest BCUT2D eigenvalue weighted by Crippen LogP contribution is 1.87. The van der Waals surface area contributed by atoms with E-state index in [1.54, 1.807) is 0 Å². The van der Waals surface area contributed by atoms with E-state index < -0.39 is 5.97 Å². The SMILES string of the molecule is [2H]C(C)=C(C)C(=O)O. The van der Waals surface area contributed by atoms with Crippen LogP contribution >= 0.6 is 0 Å². The molecule has 0 aliphatic carbocycles. The molecule has 0 rings (SSSR count). The van der Waals surface area contributed by atoms with Gasteiger partial charge in [0.05, 0.1) is 1.37 Å². The monoisotopic (exact) mass is 101 g/mol. The second-order valence-corrected chi connectivity index (χ2v) is 1.18. The topological polar surface area (TPSA) is 37.3 Å². The van der Waals surface area contributed by atoms with Gasteiger partial charge < -0.3 is 5.11 Å². The summed E-state index contributed by atoms with van der Waals surface area (Å²) in [5.41, 5.74) is 0.102. The van der Waals surface area contributed by atoms with E-state index in [9.17, 15) is 4.79 Å². The molecular weight excluding hydrogens is 92.1 g/mol. The van der Waals surface area contributed by atoms with E-state index in [1.807, 2.05) is 0 Å². The quantitative estimate of drug-likeness (QED) is 0.501. The number of carboxylic acid groups (broad SMARTS) is 1. The fourth-order valence-electron chi connectivity index (χ4n) is 0.107. The zero-order valence-corrected chi connectivity index (χ0v) is 4.36. The van der Waals surface area contributed by atoms with Crippen molar-refractivity contribution in [3.63, 3.8) is 0 Å². The average Bonchev–Trinajstić information content (AvgIpc) is 1.64. The van der Waals surface area contributed by atoms with Crippen LogP contribution in [0.2, 0.25) is 0 Å². The molecule has 0 amide bonds. The van der Waals surface area contributed by atoms with Gasteiger partial charge in [0, 0.05) is 5.57 Å². The standard InChI is InChI=1S/C5H8O2/c1-3-4(2)5(6)7/h3H,1-2H3,(H,6,7)/i3D. The van der Waals surface area contributed by atoms with Crippen LogP contribution in [0.15, 0.2) is 11.6 Å². The summed E-state index contributed by atoms with van der Waals surface area (Å²) in [6.07, 6.45) is 0. The van der Waals surface area contributed by atoms with Crippen LogP contribution in [0, 0.1) is 0 Å². The third-order valence-corrected chi connectivity index (χ3v) is 0.696. The Balaban J connectivity index is 4.23. The zero-order valence-electron chi connectivity index (χ0n) is 5.36. The Hall–Kier alpha value is -0.790. The van der Waals surface area contributed by atoms with Crippen LogP contribution in [-0.2, 0) is 4.79 Å². The molecule has 40 valence electrons. The zero-order chi connectivity index (χ0) is 6.73. The van der Waals surface area contributed by atoms with Gasteiger partial charge in [0.25, 0.3) is 0 Å². The molecule has 0 atom stereocenters. The first-order valence-corrected chi connectivity index (χ1v) is 1.93. The van der Waals surface area contributed by atoms with E-state index in [0.29, 0.717) is 0 Å². The van der Waals surface area contributed by atoms with Crippen LogP contribution < -0.4 is 0 Å². The minimum absolute atomic E-state index is 0.102. The van der Waals surface area contributed by atoms with Crippen LogP contribution in [-0.4, -0.2) is 11.1 Å². The fraction of sp³-hybridized carbons (Fsp3) is 0.400. The highest BCUT2D eigenvalue weighted by molar-refractivity contribution is 5.85. The van der Waals surface area contributed by atoms with Gasteiger partial charge in [0.2, 0.25) is 0 Å². The molecule has 0 radical (unpaired) electrons. The van der Waals surface area contributed by atoms with Gasteiger partial charge in [-0.2, -0.15) is 0 Å².